The van der Waals surface area contributed by atoms with Crippen molar-refractivity contribution in [3.63, 3.8) is 0 Å². The Morgan fingerprint density at radius 3 is 2.29 bits per heavy atom. The van der Waals surface area contributed by atoms with Crippen molar-refractivity contribution in [2.45, 2.75) is 38.3 Å². The van der Waals surface area contributed by atoms with Crippen molar-refractivity contribution in [3.8, 4) is 0 Å². The van der Waals surface area contributed by atoms with E-state index in [2.05, 4.69) is 0 Å². The first kappa shape index (κ1) is 19.7. The average molecular weight is 386 g/mol. The van der Waals surface area contributed by atoms with Crippen LogP contribution in [0.25, 0.3) is 6.08 Å². The number of hydrogen-bond donors (Lipinski definition) is 0. The van der Waals surface area contributed by atoms with Crippen molar-refractivity contribution in [3.05, 3.63) is 81.4 Å². The van der Waals surface area contributed by atoms with E-state index in [0.29, 0.717) is 5.56 Å². The number of nitro groups is 1. The molecule has 1 aliphatic rings. The molecule has 0 N–H and O–H groups in total. The zero-order chi connectivity index (χ0) is 20.1. The third-order valence-electron chi connectivity index (χ3n) is 4.96. The molecular formula is C21H20F2N2O3. The fourth-order valence-corrected chi connectivity index (χ4v) is 3.43. The van der Waals surface area contributed by atoms with Crippen LogP contribution in [0.15, 0.2) is 48.5 Å². The van der Waals surface area contributed by atoms with Gasteiger partial charge in [0.2, 0.25) is 5.91 Å². The lowest BCUT2D eigenvalue weighted by molar-refractivity contribution is -0.384. The predicted octanol–water partition coefficient (Wildman–Crippen LogP) is 4.86. The highest BCUT2D eigenvalue weighted by Gasteiger charge is 2.27. The van der Waals surface area contributed by atoms with E-state index in [1.165, 1.54) is 41.3 Å². The SMILES string of the molecule is O=C(C=Cc1ccc([N+](=O)[O-])cc1)N(Cc1c(F)cccc1F)C1CCCC1. The molecular weight excluding hydrogens is 366 g/mol. The Morgan fingerprint density at radius 1 is 1.11 bits per heavy atom. The smallest absolute Gasteiger partial charge is 0.269 e. The molecule has 0 bridgehead atoms. The highest BCUT2D eigenvalue weighted by atomic mass is 19.1. The number of nitro benzene ring substituents is 1. The second kappa shape index (κ2) is 8.73. The third-order valence-corrected chi connectivity index (χ3v) is 4.96. The monoisotopic (exact) mass is 386 g/mol. The number of nitrogens with zero attached hydrogens (tertiary/aromatic N) is 2. The normalized spacial score (nSPS) is 14.5. The van der Waals surface area contributed by atoms with Crippen molar-refractivity contribution < 1.29 is 18.5 Å². The lowest BCUT2D eigenvalue weighted by atomic mass is 10.1. The van der Waals surface area contributed by atoms with Gasteiger partial charge in [-0.25, -0.2) is 8.78 Å². The molecule has 1 amide bonds. The Bertz CT molecular complexity index is 871. The number of amides is 1. The molecule has 1 fully saturated rings. The Labute approximate surface area is 161 Å². The molecule has 146 valence electrons. The summed E-state index contributed by atoms with van der Waals surface area (Å²) in [5.74, 6) is -1.68. The van der Waals surface area contributed by atoms with E-state index in [0.717, 1.165) is 25.7 Å². The van der Waals surface area contributed by atoms with Crippen LogP contribution in [0, 0.1) is 21.7 Å². The van der Waals surface area contributed by atoms with Crippen LogP contribution in [0.1, 0.15) is 36.8 Å². The molecule has 7 heteroatoms. The molecule has 0 spiro atoms. The average Bonchev–Trinajstić information content (AvgIpc) is 3.20. The molecule has 1 saturated carbocycles. The molecule has 0 heterocycles. The fourth-order valence-electron chi connectivity index (χ4n) is 3.43. The number of hydrogen-bond acceptors (Lipinski definition) is 3. The second-order valence-electron chi connectivity index (χ2n) is 6.79. The summed E-state index contributed by atoms with van der Waals surface area (Å²) >= 11 is 0. The first-order valence-corrected chi connectivity index (χ1v) is 9.11. The topological polar surface area (TPSA) is 63.4 Å². The van der Waals surface area contributed by atoms with Crippen LogP contribution in [0.3, 0.4) is 0 Å². The first-order valence-electron chi connectivity index (χ1n) is 9.11. The van der Waals surface area contributed by atoms with Gasteiger partial charge in [0, 0.05) is 29.8 Å². The minimum absolute atomic E-state index is 0.0360. The van der Waals surface area contributed by atoms with Crippen LogP contribution in [-0.4, -0.2) is 21.8 Å². The van der Waals surface area contributed by atoms with E-state index in [9.17, 15) is 23.7 Å². The summed E-state index contributed by atoms with van der Waals surface area (Å²) in [7, 11) is 0. The van der Waals surface area contributed by atoms with Crippen molar-refractivity contribution in [1.29, 1.82) is 0 Å². The molecule has 2 aromatic rings. The highest BCUT2D eigenvalue weighted by Crippen LogP contribution is 2.27. The van der Waals surface area contributed by atoms with Crippen LogP contribution >= 0.6 is 0 Å². The highest BCUT2D eigenvalue weighted by molar-refractivity contribution is 5.92. The lowest BCUT2D eigenvalue weighted by Crippen LogP contribution is -2.37. The van der Waals surface area contributed by atoms with E-state index in [1.54, 1.807) is 18.2 Å². The van der Waals surface area contributed by atoms with Gasteiger partial charge in [-0.15, -0.1) is 0 Å². The van der Waals surface area contributed by atoms with E-state index in [1.807, 2.05) is 0 Å². The number of carbonyl (C=O) groups is 1. The van der Waals surface area contributed by atoms with Crippen LogP contribution < -0.4 is 0 Å². The lowest BCUT2D eigenvalue weighted by Gasteiger charge is -2.28. The van der Waals surface area contributed by atoms with Crippen molar-refractivity contribution in [1.82, 2.24) is 4.90 Å². The second-order valence-corrected chi connectivity index (χ2v) is 6.79. The molecule has 0 radical (unpaired) electrons. The standard InChI is InChI=1S/C21H20F2N2O3/c22-19-6-3-7-20(23)18(19)14-24(16-4-1-2-5-16)21(26)13-10-15-8-11-17(12-9-15)25(27)28/h3,6-13,16H,1-2,4-5,14H2. The van der Waals surface area contributed by atoms with Gasteiger partial charge in [0.1, 0.15) is 11.6 Å². The number of carbonyl (C=O) groups excluding carboxylic acids is 1. The van der Waals surface area contributed by atoms with Crippen molar-refractivity contribution >= 4 is 17.7 Å². The molecule has 5 nitrogen and oxygen atoms in total. The van der Waals surface area contributed by atoms with Gasteiger partial charge >= 0.3 is 0 Å². The Balaban J connectivity index is 1.79. The Kier molecular flexibility index (Phi) is 6.13. The van der Waals surface area contributed by atoms with Gasteiger partial charge in [0.05, 0.1) is 11.5 Å². The van der Waals surface area contributed by atoms with Gasteiger partial charge in [-0.1, -0.05) is 18.9 Å². The molecule has 0 unspecified atom stereocenters. The van der Waals surface area contributed by atoms with Crippen LogP contribution in [0.5, 0.6) is 0 Å². The number of benzene rings is 2. The van der Waals surface area contributed by atoms with Crippen molar-refractivity contribution in [2.24, 2.45) is 0 Å². The van der Waals surface area contributed by atoms with Gasteiger partial charge in [-0.2, -0.15) is 0 Å². The maximum Gasteiger partial charge on any atom is 0.269 e. The summed E-state index contributed by atoms with van der Waals surface area (Å²) in [5, 5.41) is 10.7. The maximum absolute atomic E-state index is 14.1. The van der Waals surface area contributed by atoms with E-state index >= 15 is 0 Å². The minimum atomic E-state index is -0.671. The van der Waals surface area contributed by atoms with Crippen LogP contribution in [0.4, 0.5) is 14.5 Å². The van der Waals surface area contributed by atoms with Gasteiger partial charge in [-0.3, -0.25) is 14.9 Å². The first-order chi connectivity index (χ1) is 13.5. The van der Waals surface area contributed by atoms with Gasteiger partial charge in [-0.05, 0) is 48.7 Å². The summed E-state index contributed by atoms with van der Waals surface area (Å²) in [6.45, 7) is -0.132. The number of non-ortho nitro benzene ring substituents is 1. The van der Waals surface area contributed by atoms with E-state index < -0.39 is 16.6 Å². The zero-order valence-corrected chi connectivity index (χ0v) is 15.2. The molecule has 0 saturated heterocycles. The number of rotatable bonds is 6. The summed E-state index contributed by atoms with van der Waals surface area (Å²) in [6.07, 6.45) is 6.44. The number of halogens is 2. The summed E-state index contributed by atoms with van der Waals surface area (Å²) in [5.41, 5.74) is 0.472. The molecule has 0 atom stereocenters. The molecule has 0 aliphatic heterocycles. The summed E-state index contributed by atoms with van der Waals surface area (Å²) in [6, 6.07) is 9.39. The minimum Gasteiger partial charge on any atom is -0.332 e. The molecule has 3 rings (SSSR count). The molecule has 0 aromatic heterocycles. The van der Waals surface area contributed by atoms with Crippen molar-refractivity contribution in [2.75, 3.05) is 0 Å². The predicted molar refractivity (Wildman–Crippen MR) is 101 cm³/mol. The molecule has 28 heavy (non-hydrogen) atoms. The third kappa shape index (κ3) is 4.60. The van der Waals surface area contributed by atoms with Gasteiger partial charge in [0.25, 0.3) is 5.69 Å². The summed E-state index contributed by atoms with van der Waals surface area (Å²) < 4.78 is 28.1. The van der Waals surface area contributed by atoms with E-state index in [-0.39, 0.29) is 29.7 Å². The maximum atomic E-state index is 14.1. The zero-order valence-electron chi connectivity index (χ0n) is 15.2. The van der Waals surface area contributed by atoms with E-state index in [4.69, 9.17) is 0 Å². The Morgan fingerprint density at radius 2 is 1.71 bits per heavy atom. The molecule has 1 aliphatic carbocycles. The fraction of sp³-hybridized carbons (Fsp3) is 0.286. The molecule has 2 aromatic carbocycles. The summed E-state index contributed by atoms with van der Waals surface area (Å²) in [4.78, 5) is 24.5. The van der Waals surface area contributed by atoms with Gasteiger partial charge in [0.15, 0.2) is 0 Å². The van der Waals surface area contributed by atoms with Crippen LogP contribution in [0.2, 0.25) is 0 Å². The van der Waals surface area contributed by atoms with Gasteiger partial charge < -0.3 is 4.90 Å². The van der Waals surface area contributed by atoms with Crippen LogP contribution in [-0.2, 0) is 11.3 Å². The quantitative estimate of drug-likeness (QED) is 0.405. The Hall–Kier alpha value is -3.09. The largest absolute Gasteiger partial charge is 0.332 e.